The summed E-state index contributed by atoms with van der Waals surface area (Å²) in [7, 11) is 0. The van der Waals surface area contributed by atoms with Crippen LogP contribution in [0.1, 0.15) is 43.0 Å². The van der Waals surface area contributed by atoms with Crippen LogP contribution in [0.2, 0.25) is 5.02 Å². The summed E-state index contributed by atoms with van der Waals surface area (Å²) in [6.45, 7) is 8.87. The molecule has 0 nitrogen and oxygen atoms in total. The molecule has 0 unspecified atom stereocenters. The molecule has 0 aliphatic heterocycles. The van der Waals surface area contributed by atoms with E-state index in [4.69, 9.17) is 11.6 Å². The van der Waals surface area contributed by atoms with Gasteiger partial charge in [-0.3, -0.25) is 0 Å². The lowest BCUT2D eigenvalue weighted by molar-refractivity contribution is 0.590. The Morgan fingerprint density at radius 3 is 1.92 bits per heavy atom. The van der Waals surface area contributed by atoms with Crippen molar-refractivity contribution in [3.8, 4) is 11.1 Å². The molecule has 0 aromatic heterocycles. The Morgan fingerprint density at radius 1 is 0.731 bits per heavy atom. The van der Waals surface area contributed by atoms with Crippen LogP contribution in [0, 0.1) is 6.92 Å². The lowest BCUT2D eigenvalue weighted by atomic mass is 9.86. The van der Waals surface area contributed by atoms with Crippen molar-refractivity contribution in [2.45, 2.75) is 33.1 Å². The van der Waals surface area contributed by atoms with E-state index < -0.39 is 0 Å². The van der Waals surface area contributed by atoms with Gasteiger partial charge in [-0.2, -0.15) is 0 Å². The molecule has 132 valence electrons. The number of rotatable bonds is 3. The first-order valence-corrected chi connectivity index (χ1v) is 9.36. The Bertz CT molecular complexity index is 908. The van der Waals surface area contributed by atoms with Crippen molar-refractivity contribution < 1.29 is 0 Å². The molecule has 0 atom stereocenters. The largest absolute Gasteiger partial charge is 0.0843 e. The van der Waals surface area contributed by atoms with Crippen LogP contribution in [0.3, 0.4) is 0 Å². The summed E-state index contributed by atoms with van der Waals surface area (Å²) in [6, 6.07) is 23.4. The third kappa shape index (κ3) is 4.45. The normalized spacial score (nSPS) is 11.9. The predicted molar refractivity (Wildman–Crippen MR) is 116 cm³/mol. The van der Waals surface area contributed by atoms with Crippen molar-refractivity contribution in [2.75, 3.05) is 0 Å². The second kappa shape index (κ2) is 7.51. The molecule has 0 spiro atoms. The van der Waals surface area contributed by atoms with Crippen LogP contribution in [0.25, 0.3) is 23.3 Å². The van der Waals surface area contributed by atoms with Gasteiger partial charge in [0.25, 0.3) is 0 Å². The standard InChI is InChI=1S/C25H25Cl/c1-18-17-22(21-11-15-24(26)16-12-21)10-9-20(18)8-5-19-6-13-23(14-7-19)25(2,3)4/h5-17H,1-4H3. The van der Waals surface area contributed by atoms with Crippen LogP contribution < -0.4 is 0 Å². The van der Waals surface area contributed by atoms with Crippen LogP contribution >= 0.6 is 11.6 Å². The topological polar surface area (TPSA) is 0 Å². The van der Waals surface area contributed by atoms with Gasteiger partial charge in [-0.15, -0.1) is 0 Å². The zero-order valence-electron chi connectivity index (χ0n) is 15.9. The van der Waals surface area contributed by atoms with Crippen molar-refractivity contribution in [3.05, 3.63) is 94.0 Å². The first-order valence-electron chi connectivity index (χ1n) is 8.98. The summed E-state index contributed by atoms with van der Waals surface area (Å²) in [4.78, 5) is 0. The number of hydrogen-bond acceptors (Lipinski definition) is 0. The average Bonchev–Trinajstić information content (AvgIpc) is 2.61. The van der Waals surface area contributed by atoms with Gasteiger partial charge in [0.2, 0.25) is 0 Å². The second-order valence-electron chi connectivity index (χ2n) is 7.78. The third-order valence-corrected chi connectivity index (χ3v) is 4.93. The van der Waals surface area contributed by atoms with Crippen molar-refractivity contribution in [1.82, 2.24) is 0 Å². The molecule has 0 aliphatic rings. The summed E-state index contributed by atoms with van der Waals surface area (Å²) in [5.41, 5.74) is 7.67. The molecule has 3 rings (SSSR count). The van der Waals surface area contributed by atoms with Crippen molar-refractivity contribution in [1.29, 1.82) is 0 Å². The summed E-state index contributed by atoms with van der Waals surface area (Å²) in [5, 5.41) is 0.766. The van der Waals surface area contributed by atoms with Gasteiger partial charge >= 0.3 is 0 Å². The molecule has 0 fully saturated rings. The molecule has 0 aliphatic carbocycles. The maximum atomic E-state index is 5.98. The maximum Gasteiger partial charge on any atom is 0.0406 e. The monoisotopic (exact) mass is 360 g/mol. The van der Waals surface area contributed by atoms with Crippen LogP contribution in [-0.2, 0) is 5.41 Å². The molecule has 0 bridgehead atoms. The Balaban J connectivity index is 1.79. The Morgan fingerprint density at radius 2 is 1.35 bits per heavy atom. The van der Waals surface area contributed by atoms with Gasteiger partial charge in [-0.1, -0.05) is 99.1 Å². The fourth-order valence-electron chi connectivity index (χ4n) is 2.96. The van der Waals surface area contributed by atoms with Crippen LogP contribution in [0.15, 0.2) is 66.7 Å². The van der Waals surface area contributed by atoms with E-state index in [9.17, 15) is 0 Å². The van der Waals surface area contributed by atoms with Gasteiger partial charge < -0.3 is 0 Å². The number of hydrogen-bond donors (Lipinski definition) is 0. The highest BCUT2D eigenvalue weighted by atomic mass is 35.5. The molecule has 0 saturated heterocycles. The predicted octanol–water partition coefficient (Wildman–Crippen LogP) is 7.78. The molecule has 26 heavy (non-hydrogen) atoms. The molecule has 3 aromatic carbocycles. The van der Waals surface area contributed by atoms with Crippen molar-refractivity contribution in [2.24, 2.45) is 0 Å². The minimum Gasteiger partial charge on any atom is -0.0843 e. The van der Waals surface area contributed by atoms with Gasteiger partial charge in [0.05, 0.1) is 0 Å². The molecule has 0 N–H and O–H groups in total. The van der Waals surface area contributed by atoms with Gasteiger partial charge in [0.1, 0.15) is 0 Å². The minimum atomic E-state index is 0.191. The zero-order chi connectivity index (χ0) is 18.7. The zero-order valence-corrected chi connectivity index (χ0v) is 16.6. The molecule has 0 saturated carbocycles. The van der Waals surface area contributed by atoms with Crippen molar-refractivity contribution in [3.63, 3.8) is 0 Å². The van der Waals surface area contributed by atoms with Crippen LogP contribution in [0.4, 0.5) is 0 Å². The van der Waals surface area contributed by atoms with Crippen LogP contribution in [0.5, 0.6) is 0 Å². The fourth-order valence-corrected chi connectivity index (χ4v) is 3.09. The molecule has 1 heteroatoms. The molecule has 0 amide bonds. The van der Waals surface area contributed by atoms with E-state index in [1.54, 1.807) is 0 Å². The van der Waals surface area contributed by atoms with E-state index in [1.165, 1.54) is 33.4 Å². The molecular formula is C25H25Cl. The molecule has 3 aromatic rings. The summed E-state index contributed by atoms with van der Waals surface area (Å²) in [5.74, 6) is 0. The average molecular weight is 361 g/mol. The fraction of sp³-hybridized carbons (Fsp3) is 0.200. The Kier molecular flexibility index (Phi) is 5.34. The first-order chi connectivity index (χ1) is 12.3. The SMILES string of the molecule is Cc1cc(-c2ccc(Cl)cc2)ccc1C=Cc1ccc(C(C)(C)C)cc1. The van der Waals surface area contributed by atoms with E-state index in [-0.39, 0.29) is 5.41 Å². The highest BCUT2D eigenvalue weighted by Crippen LogP contribution is 2.26. The summed E-state index contributed by atoms with van der Waals surface area (Å²) >= 11 is 5.98. The van der Waals surface area contributed by atoms with E-state index in [2.05, 4.69) is 94.4 Å². The number of aryl methyl sites for hydroxylation is 1. The van der Waals surface area contributed by atoms with Crippen LogP contribution in [-0.4, -0.2) is 0 Å². The highest BCUT2D eigenvalue weighted by molar-refractivity contribution is 6.30. The third-order valence-electron chi connectivity index (χ3n) is 4.68. The van der Waals surface area contributed by atoms with Gasteiger partial charge in [-0.25, -0.2) is 0 Å². The van der Waals surface area contributed by atoms with E-state index >= 15 is 0 Å². The van der Waals surface area contributed by atoms with Gasteiger partial charge in [-0.05, 0) is 57.9 Å². The van der Waals surface area contributed by atoms with Gasteiger partial charge in [0, 0.05) is 5.02 Å². The van der Waals surface area contributed by atoms with Gasteiger partial charge in [0.15, 0.2) is 0 Å². The van der Waals surface area contributed by atoms with E-state index in [1.807, 2.05) is 12.1 Å². The minimum absolute atomic E-state index is 0.191. The lowest BCUT2D eigenvalue weighted by Gasteiger charge is -2.18. The number of halogens is 1. The second-order valence-corrected chi connectivity index (χ2v) is 8.22. The summed E-state index contributed by atoms with van der Waals surface area (Å²) in [6.07, 6.45) is 4.36. The highest BCUT2D eigenvalue weighted by Gasteiger charge is 2.12. The first kappa shape index (κ1) is 18.5. The lowest BCUT2D eigenvalue weighted by Crippen LogP contribution is -2.10. The smallest absolute Gasteiger partial charge is 0.0406 e. The molecule has 0 heterocycles. The molecule has 0 radical (unpaired) electrons. The maximum absolute atomic E-state index is 5.98. The quantitative estimate of drug-likeness (QED) is 0.418. The van der Waals surface area contributed by atoms with E-state index in [0.717, 1.165) is 5.02 Å². The van der Waals surface area contributed by atoms with E-state index in [0.29, 0.717) is 0 Å². The summed E-state index contributed by atoms with van der Waals surface area (Å²) < 4.78 is 0. The molecular weight excluding hydrogens is 336 g/mol. The van der Waals surface area contributed by atoms with Crippen molar-refractivity contribution >= 4 is 23.8 Å². The Labute approximate surface area is 162 Å². The Hall–Kier alpha value is -2.31. The number of benzene rings is 3.